The van der Waals surface area contributed by atoms with Gasteiger partial charge in [0.1, 0.15) is 73.2 Å². The third-order valence-electron chi connectivity index (χ3n) is 20.7. The van der Waals surface area contributed by atoms with Crippen LogP contribution in [0, 0.1) is 0 Å². The van der Waals surface area contributed by atoms with Crippen molar-refractivity contribution in [2.75, 3.05) is 26.4 Å². The van der Waals surface area contributed by atoms with Gasteiger partial charge in [0.2, 0.25) is 5.91 Å². The lowest BCUT2D eigenvalue weighted by molar-refractivity contribution is -0.379. The average Bonchev–Trinajstić information content (AvgIpc) is 0.784. The van der Waals surface area contributed by atoms with Crippen molar-refractivity contribution in [2.24, 2.45) is 0 Å². The molecule has 0 aromatic carbocycles. The molecule has 3 heterocycles. The molecular formula is C80H151NO18. The highest BCUT2D eigenvalue weighted by Crippen LogP contribution is 2.33. The first-order valence-electron chi connectivity index (χ1n) is 41.1. The molecule has 0 aromatic rings. The van der Waals surface area contributed by atoms with Crippen LogP contribution >= 0.6 is 0 Å². The fourth-order valence-electron chi connectivity index (χ4n) is 14.1. The summed E-state index contributed by atoms with van der Waals surface area (Å²) in [6.07, 6.45) is 47.5. The number of carbonyl (C=O) groups excluding carboxylic acids is 1. The van der Waals surface area contributed by atoms with Crippen LogP contribution in [0.3, 0.4) is 0 Å². The van der Waals surface area contributed by atoms with E-state index in [4.69, 9.17) is 28.4 Å². The number of ether oxygens (including phenoxy) is 6. The Morgan fingerprint density at radius 3 is 0.980 bits per heavy atom. The quantitative estimate of drug-likeness (QED) is 0.0199. The van der Waals surface area contributed by atoms with E-state index >= 15 is 0 Å². The van der Waals surface area contributed by atoms with E-state index in [0.717, 1.165) is 44.9 Å². The van der Waals surface area contributed by atoms with Crippen molar-refractivity contribution >= 4 is 5.91 Å². The Hall–Kier alpha value is -1.73. The molecule has 3 aliphatic heterocycles. The zero-order valence-corrected chi connectivity index (χ0v) is 62.5. The molecule has 3 rings (SSSR count). The molecule has 3 saturated heterocycles. The maximum Gasteiger partial charge on any atom is 0.220 e. The third-order valence-corrected chi connectivity index (χ3v) is 20.7. The van der Waals surface area contributed by atoms with Crippen LogP contribution in [0.15, 0.2) is 24.3 Å². The Labute approximate surface area is 600 Å². The number of rotatable bonds is 66. The summed E-state index contributed by atoms with van der Waals surface area (Å²) >= 11 is 0. The molecule has 19 nitrogen and oxygen atoms in total. The zero-order valence-electron chi connectivity index (χ0n) is 62.5. The standard InChI is InChI=1S/C80H151NO18/c1-3-5-7-9-11-13-15-17-19-21-23-24-25-26-27-28-29-30-31-32-33-34-35-36-37-38-40-42-44-46-48-50-52-54-56-58-68(86)81-63(64(85)57-55-53-51-49-47-45-43-41-39-22-20-18-16-14-12-10-8-6-4-2)62-94-78-74(92)71(89)76(66(60-83)96-78)99-80-75(93)72(90)77(67(61-84)97-80)98-79-73(91)70(88)69(87)65(59-82)95-79/h21,23,55,57,63-67,69-80,82-85,87-93H,3-20,22,24-54,56,58-62H2,1-2H3,(H,81,86)/b23-21-,57-55+. The van der Waals surface area contributed by atoms with Gasteiger partial charge in [-0.05, 0) is 44.9 Å². The summed E-state index contributed by atoms with van der Waals surface area (Å²) in [6, 6.07) is -0.971. The topological polar surface area (TPSA) is 307 Å². The molecule has 19 heteroatoms. The molecule has 0 aromatic heterocycles. The number of amides is 1. The van der Waals surface area contributed by atoms with Gasteiger partial charge >= 0.3 is 0 Å². The van der Waals surface area contributed by atoms with Crippen molar-refractivity contribution in [1.29, 1.82) is 0 Å². The molecule has 3 fully saturated rings. The van der Waals surface area contributed by atoms with E-state index in [1.807, 2.05) is 6.08 Å². The van der Waals surface area contributed by atoms with Crippen LogP contribution in [0.2, 0.25) is 0 Å². The van der Waals surface area contributed by atoms with Gasteiger partial charge in [-0.25, -0.2) is 0 Å². The second kappa shape index (κ2) is 61.4. The van der Waals surface area contributed by atoms with Gasteiger partial charge in [0.25, 0.3) is 0 Å². The predicted molar refractivity (Wildman–Crippen MR) is 393 cm³/mol. The average molecular weight is 1420 g/mol. The lowest BCUT2D eigenvalue weighted by Crippen LogP contribution is -2.66. The molecule has 17 atom stereocenters. The number of aliphatic hydroxyl groups excluding tert-OH is 11. The first kappa shape index (κ1) is 91.5. The summed E-state index contributed by atoms with van der Waals surface area (Å²) in [4.78, 5) is 13.5. The lowest BCUT2D eigenvalue weighted by Gasteiger charge is -2.48. The molecule has 0 aliphatic carbocycles. The summed E-state index contributed by atoms with van der Waals surface area (Å²) < 4.78 is 34.5. The fraction of sp³-hybridized carbons (Fsp3) is 0.938. The van der Waals surface area contributed by atoms with E-state index in [1.54, 1.807) is 6.08 Å². The minimum Gasteiger partial charge on any atom is -0.394 e. The first-order chi connectivity index (χ1) is 48.3. The number of hydrogen-bond donors (Lipinski definition) is 12. The summed E-state index contributed by atoms with van der Waals surface area (Å²) in [6.45, 7) is 1.79. The highest BCUT2D eigenvalue weighted by Gasteiger charge is 2.54. The van der Waals surface area contributed by atoms with Gasteiger partial charge in [-0.1, -0.05) is 321 Å². The molecule has 0 spiro atoms. The minimum atomic E-state index is -1.98. The first-order valence-corrected chi connectivity index (χ1v) is 41.1. The molecule has 99 heavy (non-hydrogen) atoms. The Kier molecular flexibility index (Phi) is 56.8. The number of carbonyl (C=O) groups is 1. The van der Waals surface area contributed by atoms with Crippen LogP contribution in [-0.4, -0.2) is 193 Å². The van der Waals surface area contributed by atoms with Gasteiger partial charge in [0.15, 0.2) is 18.9 Å². The number of unbranched alkanes of at least 4 members (excludes halogenated alkanes) is 48. The Bertz CT molecular complexity index is 1880. The van der Waals surface area contributed by atoms with Gasteiger partial charge < -0.3 is 89.9 Å². The molecule has 0 saturated carbocycles. The smallest absolute Gasteiger partial charge is 0.220 e. The maximum absolute atomic E-state index is 13.5. The lowest BCUT2D eigenvalue weighted by atomic mass is 9.96. The molecule has 0 bridgehead atoms. The summed E-state index contributed by atoms with van der Waals surface area (Å²) in [5.74, 6) is -0.268. The second-order valence-electron chi connectivity index (χ2n) is 29.6. The highest BCUT2D eigenvalue weighted by molar-refractivity contribution is 5.76. The summed E-state index contributed by atoms with van der Waals surface area (Å²) in [7, 11) is 0. The van der Waals surface area contributed by atoms with E-state index in [-0.39, 0.29) is 18.9 Å². The Morgan fingerprint density at radius 1 is 0.354 bits per heavy atom. The minimum absolute atomic E-state index is 0.249. The molecule has 584 valence electrons. The van der Waals surface area contributed by atoms with Crippen molar-refractivity contribution < 1.29 is 89.4 Å². The molecule has 12 N–H and O–H groups in total. The molecule has 0 radical (unpaired) electrons. The van der Waals surface area contributed by atoms with Crippen LogP contribution in [0.25, 0.3) is 0 Å². The summed E-state index contributed by atoms with van der Waals surface area (Å²) in [5.41, 5.74) is 0. The van der Waals surface area contributed by atoms with E-state index < -0.39 is 124 Å². The van der Waals surface area contributed by atoms with Gasteiger partial charge in [0, 0.05) is 6.42 Å². The van der Waals surface area contributed by atoms with E-state index in [2.05, 4.69) is 31.3 Å². The SMILES string of the molecule is CCCCCCCCCC/C=C\CCCCCCCCCCCCCCCCCCCCCCCCCC(=O)NC(COC1OC(CO)C(OC2OC(CO)C(OC3OC(CO)C(O)C(O)C3O)C(O)C2O)C(O)C1O)C(O)/C=C/CCCCCCCCCCCCCCCCCCC. The van der Waals surface area contributed by atoms with Crippen molar-refractivity contribution in [1.82, 2.24) is 5.32 Å². The monoisotopic (exact) mass is 1410 g/mol. The summed E-state index contributed by atoms with van der Waals surface area (Å²) in [5, 5.41) is 121. The van der Waals surface area contributed by atoms with Gasteiger partial charge in [0.05, 0.1) is 38.6 Å². The van der Waals surface area contributed by atoms with Crippen LogP contribution in [0.4, 0.5) is 0 Å². The number of allylic oxidation sites excluding steroid dienone is 3. The second-order valence-corrected chi connectivity index (χ2v) is 29.6. The van der Waals surface area contributed by atoms with Crippen LogP contribution in [-0.2, 0) is 33.2 Å². The normalized spacial score (nSPS) is 26.7. The predicted octanol–water partition coefficient (Wildman–Crippen LogP) is 13.7. The maximum atomic E-state index is 13.5. The van der Waals surface area contributed by atoms with Crippen LogP contribution in [0.1, 0.15) is 348 Å². The van der Waals surface area contributed by atoms with Crippen molar-refractivity contribution in [3.8, 4) is 0 Å². The molecule has 3 aliphatic rings. The van der Waals surface area contributed by atoms with E-state index in [9.17, 15) is 61.0 Å². The molecular weight excluding hydrogens is 1260 g/mol. The number of aliphatic hydroxyl groups is 11. The van der Waals surface area contributed by atoms with Crippen molar-refractivity contribution in [3.05, 3.63) is 24.3 Å². The van der Waals surface area contributed by atoms with Gasteiger partial charge in [-0.15, -0.1) is 0 Å². The fourth-order valence-corrected chi connectivity index (χ4v) is 14.1. The van der Waals surface area contributed by atoms with Crippen LogP contribution in [0.5, 0.6) is 0 Å². The van der Waals surface area contributed by atoms with Gasteiger partial charge in [-0.2, -0.15) is 0 Å². The Morgan fingerprint density at radius 2 is 0.636 bits per heavy atom. The number of hydrogen-bond acceptors (Lipinski definition) is 18. The largest absolute Gasteiger partial charge is 0.394 e. The van der Waals surface area contributed by atoms with Crippen LogP contribution < -0.4 is 5.32 Å². The molecule has 17 unspecified atom stereocenters. The Balaban J connectivity index is 1.33. The van der Waals surface area contributed by atoms with Gasteiger partial charge in [-0.3, -0.25) is 4.79 Å². The highest BCUT2D eigenvalue weighted by atomic mass is 16.8. The van der Waals surface area contributed by atoms with Crippen molar-refractivity contribution in [3.63, 3.8) is 0 Å². The zero-order chi connectivity index (χ0) is 71.8. The number of nitrogens with one attached hydrogen (secondary N) is 1. The van der Waals surface area contributed by atoms with E-state index in [1.165, 1.54) is 276 Å². The van der Waals surface area contributed by atoms with E-state index in [0.29, 0.717) is 6.42 Å². The third kappa shape index (κ3) is 41.7. The molecule has 1 amide bonds. The van der Waals surface area contributed by atoms with Crippen molar-refractivity contribution in [2.45, 2.75) is 452 Å².